The van der Waals surface area contributed by atoms with Crippen molar-refractivity contribution in [2.24, 2.45) is 0 Å². The van der Waals surface area contributed by atoms with Gasteiger partial charge in [0.15, 0.2) is 0 Å². The standard InChI is InChI=1S/C24H15F9N2O6S/c25-22(26,27)14-9-13(10-15(11-14)23(28,29)30)12-35(20(36)21(37)38)17-7-5-16(6-8-17)34-42(39,40)19-4-2-1-3-18(19)41-24(31,32)33/h1-11,34H,12H2,(H,37,38). The van der Waals surface area contributed by atoms with Gasteiger partial charge in [0.1, 0.15) is 10.6 Å². The van der Waals surface area contributed by atoms with E-state index in [1.807, 2.05) is 4.72 Å². The number of hydrogen-bond acceptors (Lipinski definition) is 5. The summed E-state index contributed by atoms with van der Waals surface area (Å²) >= 11 is 0. The molecule has 1 amide bonds. The Balaban J connectivity index is 1.96. The Labute approximate surface area is 230 Å². The molecule has 0 heterocycles. The van der Waals surface area contributed by atoms with Gasteiger partial charge in [-0.3, -0.25) is 14.4 Å². The van der Waals surface area contributed by atoms with Crippen molar-refractivity contribution in [3.63, 3.8) is 0 Å². The van der Waals surface area contributed by atoms with Gasteiger partial charge in [-0.15, -0.1) is 13.2 Å². The molecule has 0 aliphatic heterocycles. The van der Waals surface area contributed by atoms with Crippen LogP contribution < -0.4 is 14.4 Å². The highest BCUT2D eigenvalue weighted by Crippen LogP contribution is 2.37. The van der Waals surface area contributed by atoms with E-state index in [9.17, 15) is 57.5 Å². The zero-order valence-electron chi connectivity index (χ0n) is 20.3. The van der Waals surface area contributed by atoms with Gasteiger partial charge >= 0.3 is 30.6 Å². The minimum absolute atomic E-state index is 0.161. The highest BCUT2D eigenvalue weighted by Gasteiger charge is 2.38. The van der Waals surface area contributed by atoms with E-state index in [2.05, 4.69) is 4.74 Å². The number of rotatable bonds is 7. The second kappa shape index (κ2) is 11.4. The minimum atomic E-state index is -5.23. The van der Waals surface area contributed by atoms with Crippen molar-refractivity contribution < 1.29 is 67.4 Å². The first-order valence-electron chi connectivity index (χ1n) is 11.0. The third-order valence-electron chi connectivity index (χ3n) is 5.21. The maximum Gasteiger partial charge on any atom is 0.573 e. The number of carboxylic acids is 1. The largest absolute Gasteiger partial charge is 0.573 e. The normalized spacial score (nSPS) is 12.5. The molecule has 226 valence electrons. The lowest BCUT2D eigenvalue weighted by Gasteiger charge is -2.23. The number of halogens is 9. The number of sulfonamides is 1. The molecule has 0 unspecified atom stereocenters. The van der Waals surface area contributed by atoms with Crippen molar-refractivity contribution >= 4 is 33.3 Å². The smallest absolute Gasteiger partial charge is 0.474 e. The van der Waals surface area contributed by atoms with Crippen LogP contribution in [-0.2, 0) is 38.5 Å². The number of amides is 1. The summed E-state index contributed by atoms with van der Waals surface area (Å²) in [6, 6.07) is 7.76. The highest BCUT2D eigenvalue weighted by molar-refractivity contribution is 7.92. The number of aliphatic carboxylic acids is 1. The molecule has 0 atom stereocenters. The summed E-state index contributed by atoms with van der Waals surface area (Å²) in [6.45, 7) is -1.08. The molecule has 0 saturated heterocycles. The van der Waals surface area contributed by atoms with Crippen LogP contribution in [-0.4, -0.2) is 31.8 Å². The summed E-state index contributed by atoms with van der Waals surface area (Å²) in [7, 11) is -4.73. The Hall–Kier alpha value is -4.48. The molecule has 3 aromatic rings. The van der Waals surface area contributed by atoms with Gasteiger partial charge in [-0.25, -0.2) is 13.2 Å². The molecule has 0 bridgehead atoms. The zero-order chi connectivity index (χ0) is 31.7. The summed E-state index contributed by atoms with van der Waals surface area (Å²) in [5.74, 6) is -4.94. The van der Waals surface area contributed by atoms with Crippen molar-refractivity contribution in [3.05, 3.63) is 83.4 Å². The van der Waals surface area contributed by atoms with E-state index in [1.54, 1.807) is 0 Å². The second-order valence-corrected chi connectivity index (χ2v) is 9.91. The first-order valence-corrected chi connectivity index (χ1v) is 12.5. The Bertz CT molecular complexity index is 1550. The molecule has 42 heavy (non-hydrogen) atoms. The molecule has 3 aromatic carbocycles. The van der Waals surface area contributed by atoms with Crippen molar-refractivity contribution in [2.45, 2.75) is 30.2 Å². The van der Waals surface area contributed by atoms with Gasteiger partial charge in [-0.2, -0.15) is 26.3 Å². The van der Waals surface area contributed by atoms with Crippen LogP contribution in [0.4, 0.5) is 50.9 Å². The Kier molecular flexibility index (Phi) is 8.71. The van der Waals surface area contributed by atoms with E-state index in [0.29, 0.717) is 17.0 Å². The Morgan fingerprint density at radius 2 is 1.33 bits per heavy atom. The quantitative estimate of drug-likeness (QED) is 0.243. The van der Waals surface area contributed by atoms with Gasteiger partial charge < -0.3 is 9.84 Å². The van der Waals surface area contributed by atoms with Crippen LogP contribution in [0.1, 0.15) is 16.7 Å². The number of carboxylic acid groups (broad SMARTS) is 1. The predicted octanol–water partition coefficient (Wildman–Crippen LogP) is 6.04. The summed E-state index contributed by atoms with van der Waals surface area (Å²) in [6.07, 6.45) is -15.7. The molecule has 0 aromatic heterocycles. The summed E-state index contributed by atoms with van der Waals surface area (Å²) < 4.78 is 148. The van der Waals surface area contributed by atoms with Gasteiger partial charge in [0.2, 0.25) is 0 Å². The molecule has 3 rings (SSSR count). The number of nitrogens with one attached hydrogen (secondary N) is 1. The van der Waals surface area contributed by atoms with Crippen LogP contribution in [0.2, 0.25) is 0 Å². The van der Waals surface area contributed by atoms with Gasteiger partial charge in [0, 0.05) is 11.4 Å². The minimum Gasteiger partial charge on any atom is -0.474 e. The lowest BCUT2D eigenvalue weighted by Crippen LogP contribution is -2.36. The molecule has 0 saturated carbocycles. The van der Waals surface area contributed by atoms with E-state index >= 15 is 0 Å². The molecule has 0 aliphatic rings. The first-order chi connectivity index (χ1) is 19.2. The van der Waals surface area contributed by atoms with Crippen LogP contribution >= 0.6 is 0 Å². The molecular formula is C24H15F9N2O6S. The fraction of sp³-hybridized carbons (Fsp3) is 0.167. The summed E-state index contributed by atoms with van der Waals surface area (Å²) in [5.41, 5.74) is -4.89. The average Bonchev–Trinajstić information content (AvgIpc) is 2.85. The van der Waals surface area contributed by atoms with Crippen molar-refractivity contribution in [2.75, 3.05) is 9.62 Å². The Morgan fingerprint density at radius 3 is 1.81 bits per heavy atom. The number of carbonyl (C=O) groups excluding carboxylic acids is 1. The zero-order valence-corrected chi connectivity index (χ0v) is 21.1. The van der Waals surface area contributed by atoms with E-state index in [4.69, 9.17) is 5.11 Å². The number of anilines is 2. The van der Waals surface area contributed by atoms with Crippen LogP contribution in [0.5, 0.6) is 5.75 Å². The number of carbonyl (C=O) groups is 2. The third-order valence-corrected chi connectivity index (χ3v) is 6.63. The Morgan fingerprint density at radius 1 is 0.810 bits per heavy atom. The number of para-hydroxylation sites is 1. The number of ether oxygens (including phenoxy) is 1. The predicted molar refractivity (Wildman–Crippen MR) is 126 cm³/mol. The van der Waals surface area contributed by atoms with Gasteiger partial charge in [-0.1, -0.05) is 12.1 Å². The third kappa shape index (κ3) is 8.05. The lowest BCUT2D eigenvalue weighted by atomic mass is 10.0. The molecule has 18 heteroatoms. The topological polar surface area (TPSA) is 113 Å². The van der Waals surface area contributed by atoms with Gasteiger partial charge in [0.25, 0.3) is 10.0 Å². The summed E-state index contributed by atoms with van der Waals surface area (Å²) in [5, 5.41) is 9.16. The van der Waals surface area contributed by atoms with Gasteiger partial charge in [-0.05, 0) is 60.2 Å². The molecule has 0 fully saturated rings. The SMILES string of the molecule is O=C(O)C(=O)N(Cc1cc(C(F)(F)F)cc(C(F)(F)F)c1)c1ccc(NS(=O)(=O)c2ccccc2OC(F)(F)F)cc1. The number of alkyl halides is 9. The molecule has 0 aliphatic carbocycles. The van der Waals surface area contributed by atoms with Crippen LogP contribution in [0.15, 0.2) is 71.6 Å². The lowest BCUT2D eigenvalue weighted by molar-refractivity contribution is -0.275. The fourth-order valence-electron chi connectivity index (χ4n) is 3.49. The van der Waals surface area contributed by atoms with Crippen molar-refractivity contribution in [1.82, 2.24) is 0 Å². The molecular weight excluding hydrogens is 615 g/mol. The van der Waals surface area contributed by atoms with E-state index in [1.165, 1.54) is 0 Å². The van der Waals surface area contributed by atoms with Crippen molar-refractivity contribution in [1.29, 1.82) is 0 Å². The van der Waals surface area contributed by atoms with Crippen LogP contribution in [0, 0.1) is 0 Å². The average molecular weight is 630 g/mol. The van der Waals surface area contributed by atoms with Crippen LogP contribution in [0.25, 0.3) is 0 Å². The number of nitrogens with zero attached hydrogens (tertiary/aromatic N) is 1. The van der Waals surface area contributed by atoms with Crippen molar-refractivity contribution in [3.8, 4) is 5.75 Å². The maximum atomic E-state index is 13.2. The van der Waals surface area contributed by atoms with E-state index < -0.39 is 80.2 Å². The molecule has 0 spiro atoms. The highest BCUT2D eigenvalue weighted by atomic mass is 32.2. The number of benzene rings is 3. The van der Waals surface area contributed by atoms with E-state index in [0.717, 1.165) is 48.5 Å². The maximum absolute atomic E-state index is 13.2. The number of hydrogen-bond donors (Lipinski definition) is 2. The second-order valence-electron chi connectivity index (χ2n) is 8.26. The van der Waals surface area contributed by atoms with E-state index in [-0.39, 0.29) is 11.8 Å². The molecule has 8 nitrogen and oxygen atoms in total. The molecule has 0 radical (unpaired) electrons. The fourth-order valence-corrected chi connectivity index (χ4v) is 4.68. The van der Waals surface area contributed by atoms with Gasteiger partial charge in [0.05, 0.1) is 17.7 Å². The monoisotopic (exact) mass is 630 g/mol. The summed E-state index contributed by atoms with van der Waals surface area (Å²) in [4.78, 5) is 23.1. The molecule has 2 N–H and O–H groups in total. The van der Waals surface area contributed by atoms with Crippen LogP contribution in [0.3, 0.4) is 0 Å². The first kappa shape index (κ1) is 32.0.